The summed E-state index contributed by atoms with van der Waals surface area (Å²) in [6.07, 6.45) is 8.43. The van der Waals surface area contributed by atoms with Crippen LogP contribution in [0.1, 0.15) is 75.8 Å². The summed E-state index contributed by atoms with van der Waals surface area (Å²) in [6.45, 7) is 4.32. The molecule has 2 aromatic carbocycles. The summed E-state index contributed by atoms with van der Waals surface area (Å²) >= 11 is 0. The van der Waals surface area contributed by atoms with Gasteiger partial charge in [0.15, 0.2) is 11.4 Å². The van der Waals surface area contributed by atoms with Gasteiger partial charge < -0.3 is 4.42 Å². The maximum atomic E-state index is 14.9. The Hall–Kier alpha value is -1.90. The standard InChI is InChI=1S/C24H28F2O/c1-3-6-15-10-12-16(13-11-15)19-14-20-18-9-5-8-17(7-4-2)23(18)27-24(20)22(26)21(19)25/h5,8-9,14-16H,3-4,6-7,10-13H2,1-2H3. The number of fused-ring (bicyclic) bond motifs is 3. The number of benzene rings is 2. The monoisotopic (exact) mass is 370 g/mol. The van der Waals surface area contributed by atoms with Crippen molar-refractivity contribution in [3.05, 3.63) is 47.0 Å². The molecule has 1 heterocycles. The number of furan rings is 1. The van der Waals surface area contributed by atoms with Crippen LogP contribution in [0.3, 0.4) is 0 Å². The van der Waals surface area contributed by atoms with Gasteiger partial charge in [-0.15, -0.1) is 0 Å². The van der Waals surface area contributed by atoms with Gasteiger partial charge in [-0.05, 0) is 61.1 Å². The second-order valence-corrected chi connectivity index (χ2v) is 8.12. The Morgan fingerprint density at radius 1 is 0.926 bits per heavy atom. The highest BCUT2D eigenvalue weighted by Gasteiger charge is 2.28. The van der Waals surface area contributed by atoms with E-state index in [1.807, 2.05) is 24.3 Å². The molecule has 1 nitrogen and oxygen atoms in total. The lowest BCUT2D eigenvalue weighted by molar-refractivity contribution is 0.303. The van der Waals surface area contributed by atoms with Crippen LogP contribution >= 0.6 is 0 Å². The van der Waals surface area contributed by atoms with E-state index in [0.29, 0.717) is 16.5 Å². The summed E-state index contributed by atoms with van der Waals surface area (Å²) in [5, 5.41) is 1.61. The number of hydrogen-bond donors (Lipinski definition) is 0. The van der Waals surface area contributed by atoms with Crippen LogP contribution in [0, 0.1) is 17.6 Å². The van der Waals surface area contributed by atoms with Gasteiger partial charge in [-0.25, -0.2) is 4.39 Å². The molecule has 0 radical (unpaired) electrons. The Morgan fingerprint density at radius 3 is 2.41 bits per heavy atom. The van der Waals surface area contributed by atoms with Crippen molar-refractivity contribution in [1.29, 1.82) is 0 Å². The van der Waals surface area contributed by atoms with Crippen LogP contribution in [-0.4, -0.2) is 0 Å². The third-order valence-electron chi connectivity index (χ3n) is 6.28. The Balaban J connectivity index is 1.78. The van der Waals surface area contributed by atoms with Crippen molar-refractivity contribution < 1.29 is 13.2 Å². The molecular formula is C24H28F2O. The van der Waals surface area contributed by atoms with Gasteiger partial charge in [-0.1, -0.05) is 51.3 Å². The molecule has 0 unspecified atom stereocenters. The molecule has 0 spiro atoms. The van der Waals surface area contributed by atoms with Crippen molar-refractivity contribution in [2.75, 3.05) is 0 Å². The lowest BCUT2D eigenvalue weighted by Gasteiger charge is -2.29. The number of para-hydroxylation sites is 1. The van der Waals surface area contributed by atoms with Gasteiger partial charge in [0.2, 0.25) is 5.82 Å². The van der Waals surface area contributed by atoms with Crippen molar-refractivity contribution in [2.45, 2.75) is 71.1 Å². The first kappa shape index (κ1) is 18.5. The minimum absolute atomic E-state index is 0.0643. The Kier molecular flexibility index (Phi) is 5.21. The molecule has 0 bridgehead atoms. The molecule has 1 saturated carbocycles. The van der Waals surface area contributed by atoms with Crippen LogP contribution in [0.2, 0.25) is 0 Å². The maximum Gasteiger partial charge on any atom is 0.202 e. The fraction of sp³-hybridized carbons (Fsp3) is 0.500. The molecule has 0 atom stereocenters. The summed E-state index contributed by atoms with van der Waals surface area (Å²) in [5.74, 6) is -0.676. The van der Waals surface area contributed by atoms with Crippen LogP contribution in [0.5, 0.6) is 0 Å². The fourth-order valence-electron chi connectivity index (χ4n) is 4.88. The number of aryl methyl sites for hydroxylation is 1. The Bertz CT molecular complexity index is 948. The molecule has 1 fully saturated rings. The van der Waals surface area contributed by atoms with E-state index in [9.17, 15) is 8.78 Å². The van der Waals surface area contributed by atoms with Crippen LogP contribution in [0.15, 0.2) is 28.7 Å². The first-order chi connectivity index (χ1) is 13.1. The predicted octanol–water partition coefficient (Wildman–Crippen LogP) is 7.89. The van der Waals surface area contributed by atoms with Gasteiger partial charge in [-0.2, -0.15) is 4.39 Å². The first-order valence-corrected chi connectivity index (χ1v) is 10.5. The van der Waals surface area contributed by atoms with E-state index in [-0.39, 0.29) is 11.5 Å². The summed E-state index contributed by atoms with van der Waals surface area (Å²) < 4.78 is 35.6. The minimum Gasteiger partial charge on any atom is -0.453 e. The van der Waals surface area contributed by atoms with Gasteiger partial charge in [0, 0.05) is 10.8 Å². The van der Waals surface area contributed by atoms with Crippen molar-refractivity contribution in [3.8, 4) is 0 Å². The zero-order valence-corrected chi connectivity index (χ0v) is 16.3. The molecule has 0 amide bonds. The van der Waals surface area contributed by atoms with E-state index in [0.717, 1.165) is 55.4 Å². The van der Waals surface area contributed by atoms with E-state index in [1.54, 1.807) is 0 Å². The molecule has 144 valence electrons. The number of rotatable bonds is 5. The van der Waals surface area contributed by atoms with Crippen molar-refractivity contribution in [3.63, 3.8) is 0 Å². The number of hydrogen-bond acceptors (Lipinski definition) is 1. The van der Waals surface area contributed by atoms with Crippen LogP contribution in [0.25, 0.3) is 21.9 Å². The molecular weight excluding hydrogens is 342 g/mol. The molecule has 3 aromatic rings. The van der Waals surface area contributed by atoms with Crippen molar-refractivity contribution in [1.82, 2.24) is 0 Å². The second kappa shape index (κ2) is 7.61. The molecule has 1 aromatic heterocycles. The van der Waals surface area contributed by atoms with Crippen LogP contribution in [-0.2, 0) is 6.42 Å². The number of halogens is 2. The second-order valence-electron chi connectivity index (χ2n) is 8.12. The molecule has 0 N–H and O–H groups in total. The predicted molar refractivity (Wildman–Crippen MR) is 107 cm³/mol. The lowest BCUT2D eigenvalue weighted by Crippen LogP contribution is -2.14. The van der Waals surface area contributed by atoms with Crippen molar-refractivity contribution in [2.24, 2.45) is 5.92 Å². The van der Waals surface area contributed by atoms with Gasteiger partial charge in [-0.3, -0.25) is 0 Å². The van der Waals surface area contributed by atoms with E-state index < -0.39 is 11.6 Å². The van der Waals surface area contributed by atoms with E-state index in [1.165, 1.54) is 12.8 Å². The summed E-state index contributed by atoms with van der Waals surface area (Å²) in [6, 6.07) is 7.82. The third-order valence-corrected chi connectivity index (χ3v) is 6.28. The normalized spacial score (nSPS) is 20.6. The summed E-state index contributed by atoms with van der Waals surface area (Å²) in [4.78, 5) is 0. The van der Waals surface area contributed by atoms with Gasteiger partial charge in [0.05, 0.1) is 0 Å². The molecule has 0 saturated heterocycles. The van der Waals surface area contributed by atoms with Crippen LogP contribution < -0.4 is 0 Å². The topological polar surface area (TPSA) is 13.1 Å². The van der Waals surface area contributed by atoms with Crippen molar-refractivity contribution >= 4 is 21.9 Å². The average molecular weight is 370 g/mol. The highest BCUT2D eigenvalue weighted by molar-refractivity contribution is 6.06. The Labute approximate surface area is 159 Å². The molecule has 4 rings (SSSR count). The summed E-state index contributed by atoms with van der Waals surface area (Å²) in [7, 11) is 0. The largest absolute Gasteiger partial charge is 0.453 e. The highest BCUT2D eigenvalue weighted by Crippen LogP contribution is 2.42. The van der Waals surface area contributed by atoms with E-state index >= 15 is 0 Å². The molecule has 27 heavy (non-hydrogen) atoms. The minimum atomic E-state index is -0.822. The average Bonchev–Trinajstić information content (AvgIpc) is 3.06. The van der Waals surface area contributed by atoms with Gasteiger partial charge >= 0.3 is 0 Å². The summed E-state index contributed by atoms with van der Waals surface area (Å²) in [5.41, 5.74) is 2.37. The molecule has 1 aliphatic rings. The van der Waals surface area contributed by atoms with Gasteiger partial charge in [0.25, 0.3) is 0 Å². The molecule has 0 aliphatic heterocycles. The van der Waals surface area contributed by atoms with E-state index in [2.05, 4.69) is 13.8 Å². The fourth-order valence-corrected chi connectivity index (χ4v) is 4.88. The highest BCUT2D eigenvalue weighted by atomic mass is 19.2. The lowest BCUT2D eigenvalue weighted by atomic mass is 9.77. The van der Waals surface area contributed by atoms with E-state index in [4.69, 9.17) is 4.42 Å². The zero-order chi connectivity index (χ0) is 19.0. The third kappa shape index (κ3) is 3.26. The smallest absolute Gasteiger partial charge is 0.202 e. The van der Waals surface area contributed by atoms with Gasteiger partial charge in [0.1, 0.15) is 5.58 Å². The first-order valence-electron chi connectivity index (χ1n) is 10.5. The quantitative estimate of drug-likeness (QED) is 0.445. The molecule has 3 heteroatoms. The zero-order valence-electron chi connectivity index (χ0n) is 16.3. The Morgan fingerprint density at radius 2 is 1.70 bits per heavy atom. The maximum absolute atomic E-state index is 14.9. The molecule has 1 aliphatic carbocycles. The SMILES string of the molecule is CCCc1cccc2c1oc1c(F)c(F)c(C3CCC(CCC)CC3)cc12. The van der Waals surface area contributed by atoms with Crippen LogP contribution in [0.4, 0.5) is 8.78 Å².